The summed E-state index contributed by atoms with van der Waals surface area (Å²) in [7, 11) is -2.51. The second-order valence-electron chi connectivity index (χ2n) is 8.57. The normalized spacial score (nSPS) is 12.8. The fourth-order valence-electron chi connectivity index (χ4n) is 4.30. The van der Waals surface area contributed by atoms with Gasteiger partial charge in [-0.1, -0.05) is 48.0 Å². The molecule has 184 valence electrons. The Morgan fingerprint density at radius 3 is 2.51 bits per heavy atom. The number of carbonyl (C=O) groups is 1. The van der Waals surface area contributed by atoms with Crippen LogP contribution in [0.2, 0.25) is 0 Å². The van der Waals surface area contributed by atoms with Gasteiger partial charge in [0.15, 0.2) is 0 Å². The minimum absolute atomic E-state index is 0.120. The molecule has 4 rings (SSSR count). The lowest BCUT2D eigenvalue weighted by Gasteiger charge is -2.26. The number of nitrogens with zero attached hydrogens (tertiary/aromatic N) is 2. The topological polar surface area (TPSA) is 79.0 Å². The summed E-state index contributed by atoms with van der Waals surface area (Å²) in [6.45, 7) is 3.81. The van der Waals surface area contributed by atoms with Crippen LogP contribution in [-0.4, -0.2) is 47.6 Å². The van der Waals surface area contributed by atoms with Crippen molar-refractivity contribution in [2.24, 2.45) is 0 Å². The van der Waals surface area contributed by atoms with Crippen molar-refractivity contribution in [3.8, 4) is 5.75 Å². The van der Waals surface area contributed by atoms with Gasteiger partial charge in [-0.05, 0) is 55.7 Å². The predicted octanol–water partition coefficient (Wildman–Crippen LogP) is 3.77. The van der Waals surface area contributed by atoms with Gasteiger partial charge in [-0.2, -0.15) is 0 Å². The molecule has 0 saturated carbocycles. The number of methoxy groups -OCH3 is 1. The number of sulfonamides is 1. The Balaban J connectivity index is 1.44. The minimum atomic E-state index is -3.99. The standard InChI is InChI=1S/C27H31N3O4S/c1-21-12-14-23(15-13-21)35(32,33)30(25-10-5-6-11-26(25)34-2)20-27(31)28-17-7-18-29-19-16-22-8-3-4-9-24(22)29/h3-6,8-15H,7,16-20H2,1-2H3,(H,28,31). The van der Waals surface area contributed by atoms with Crippen LogP contribution in [0.5, 0.6) is 5.75 Å². The van der Waals surface area contributed by atoms with E-state index in [0.29, 0.717) is 18.0 Å². The van der Waals surface area contributed by atoms with E-state index in [4.69, 9.17) is 4.74 Å². The molecular weight excluding hydrogens is 462 g/mol. The zero-order valence-electron chi connectivity index (χ0n) is 20.1. The van der Waals surface area contributed by atoms with Crippen LogP contribution in [0.25, 0.3) is 0 Å². The summed E-state index contributed by atoms with van der Waals surface area (Å²) in [5.74, 6) is 0.0112. The van der Waals surface area contributed by atoms with Crippen LogP contribution < -0.4 is 19.3 Å². The van der Waals surface area contributed by atoms with Crippen molar-refractivity contribution >= 4 is 27.3 Å². The van der Waals surface area contributed by atoms with E-state index in [1.807, 2.05) is 13.0 Å². The molecule has 0 aromatic heterocycles. The number of hydrogen-bond acceptors (Lipinski definition) is 5. The van der Waals surface area contributed by atoms with E-state index < -0.39 is 10.0 Å². The maximum absolute atomic E-state index is 13.6. The molecule has 1 heterocycles. The molecule has 0 radical (unpaired) electrons. The Bertz CT molecular complexity index is 1280. The van der Waals surface area contributed by atoms with Gasteiger partial charge in [0.1, 0.15) is 12.3 Å². The maximum Gasteiger partial charge on any atom is 0.264 e. The van der Waals surface area contributed by atoms with Crippen molar-refractivity contribution in [1.29, 1.82) is 0 Å². The third kappa shape index (κ3) is 5.59. The van der Waals surface area contributed by atoms with Gasteiger partial charge in [0.25, 0.3) is 10.0 Å². The lowest BCUT2D eigenvalue weighted by Crippen LogP contribution is -2.41. The molecule has 1 amide bonds. The van der Waals surface area contributed by atoms with Crippen molar-refractivity contribution in [2.45, 2.75) is 24.7 Å². The summed E-state index contributed by atoms with van der Waals surface area (Å²) in [5, 5.41) is 2.89. The number of aryl methyl sites for hydroxylation is 1. The molecule has 8 heteroatoms. The quantitative estimate of drug-likeness (QED) is 0.435. The fraction of sp³-hybridized carbons (Fsp3) is 0.296. The van der Waals surface area contributed by atoms with E-state index >= 15 is 0 Å². The smallest absolute Gasteiger partial charge is 0.264 e. The van der Waals surface area contributed by atoms with Crippen molar-refractivity contribution in [2.75, 3.05) is 42.5 Å². The lowest BCUT2D eigenvalue weighted by molar-refractivity contribution is -0.119. The Labute approximate surface area is 207 Å². The van der Waals surface area contributed by atoms with Crippen molar-refractivity contribution in [3.63, 3.8) is 0 Å². The van der Waals surface area contributed by atoms with Gasteiger partial charge in [0.05, 0.1) is 17.7 Å². The lowest BCUT2D eigenvalue weighted by atomic mass is 10.2. The van der Waals surface area contributed by atoms with Crippen LogP contribution in [0.1, 0.15) is 17.5 Å². The van der Waals surface area contributed by atoms with Gasteiger partial charge < -0.3 is 15.0 Å². The minimum Gasteiger partial charge on any atom is -0.495 e. The predicted molar refractivity (Wildman–Crippen MR) is 139 cm³/mol. The highest BCUT2D eigenvalue weighted by molar-refractivity contribution is 7.92. The average molecular weight is 494 g/mol. The number of para-hydroxylation sites is 3. The summed E-state index contributed by atoms with van der Waals surface area (Å²) < 4.78 is 33.6. The summed E-state index contributed by atoms with van der Waals surface area (Å²) in [5.41, 5.74) is 3.88. The number of hydrogen-bond donors (Lipinski definition) is 1. The second kappa shape index (κ2) is 10.8. The molecule has 0 fully saturated rings. The number of rotatable bonds is 10. The number of benzene rings is 3. The summed E-state index contributed by atoms with van der Waals surface area (Å²) in [6, 6.07) is 21.8. The molecule has 3 aromatic rings. The summed E-state index contributed by atoms with van der Waals surface area (Å²) >= 11 is 0. The number of anilines is 2. The molecule has 35 heavy (non-hydrogen) atoms. The van der Waals surface area contributed by atoms with Gasteiger partial charge in [0, 0.05) is 25.3 Å². The van der Waals surface area contributed by atoms with Gasteiger partial charge in [-0.25, -0.2) is 8.42 Å². The van der Waals surface area contributed by atoms with E-state index in [9.17, 15) is 13.2 Å². The number of amides is 1. The van der Waals surface area contributed by atoms with Crippen LogP contribution in [0.15, 0.2) is 77.7 Å². The maximum atomic E-state index is 13.6. The zero-order chi connectivity index (χ0) is 24.8. The Morgan fingerprint density at radius 2 is 1.74 bits per heavy atom. The van der Waals surface area contributed by atoms with Crippen molar-refractivity contribution in [3.05, 3.63) is 83.9 Å². The number of nitrogens with one attached hydrogen (secondary N) is 1. The Kier molecular flexibility index (Phi) is 7.60. The van der Waals surface area contributed by atoms with Crippen LogP contribution in [0.3, 0.4) is 0 Å². The molecule has 1 aliphatic rings. The third-order valence-electron chi connectivity index (χ3n) is 6.16. The molecule has 0 saturated heterocycles. The second-order valence-corrected chi connectivity index (χ2v) is 10.4. The van der Waals surface area contributed by atoms with Crippen LogP contribution >= 0.6 is 0 Å². The van der Waals surface area contributed by atoms with E-state index in [2.05, 4.69) is 28.4 Å². The fourth-order valence-corrected chi connectivity index (χ4v) is 5.73. The first-order chi connectivity index (χ1) is 16.9. The highest BCUT2D eigenvalue weighted by atomic mass is 32.2. The first kappa shape index (κ1) is 24.6. The summed E-state index contributed by atoms with van der Waals surface area (Å²) in [6.07, 6.45) is 1.80. The van der Waals surface area contributed by atoms with Gasteiger partial charge in [0.2, 0.25) is 5.91 Å². The monoisotopic (exact) mass is 493 g/mol. The Morgan fingerprint density at radius 1 is 1.03 bits per heavy atom. The molecule has 0 unspecified atom stereocenters. The van der Waals surface area contributed by atoms with Crippen molar-refractivity contribution < 1.29 is 17.9 Å². The first-order valence-electron chi connectivity index (χ1n) is 11.7. The molecule has 1 N–H and O–H groups in total. The molecule has 0 bridgehead atoms. The molecule has 1 aliphatic heterocycles. The highest BCUT2D eigenvalue weighted by Crippen LogP contribution is 2.32. The van der Waals surface area contributed by atoms with Crippen LogP contribution in [-0.2, 0) is 21.2 Å². The highest BCUT2D eigenvalue weighted by Gasteiger charge is 2.29. The van der Waals surface area contributed by atoms with Crippen molar-refractivity contribution in [1.82, 2.24) is 5.32 Å². The van der Waals surface area contributed by atoms with Crippen LogP contribution in [0, 0.1) is 6.92 Å². The van der Waals surface area contributed by atoms with Gasteiger partial charge in [-0.3, -0.25) is 9.10 Å². The van der Waals surface area contributed by atoms with E-state index in [1.54, 1.807) is 48.5 Å². The van der Waals surface area contributed by atoms with E-state index in [1.165, 1.54) is 18.4 Å². The molecule has 3 aromatic carbocycles. The number of fused-ring (bicyclic) bond motifs is 1. The molecule has 0 aliphatic carbocycles. The zero-order valence-corrected chi connectivity index (χ0v) is 20.9. The first-order valence-corrected chi connectivity index (χ1v) is 13.2. The molecular formula is C27H31N3O4S. The molecule has 0 atom stereocenters. The average Bonchev–Trinajstić information content (AvgIpc) is 3.28. The molecule has 7 nitrogen and oxygen atoms in total. The van der Waals surface area contributed by atoms with Gasteiger partial charge >= 0.3 is 0 Å². The summed E-state index contributed by atoms with van der Waals surface area (Å²) in [4.78, 5) is 15.3. The third-order valence-corrected chi connectivity index (χ3v) is 7.93. The SMILES string of the molecule is COc1ccccc1N(CC(=O)NCCCN1CCc2ccccc21)S(=O)(=O)c1ccc(C)cc1. The van der Waals surface area contributed by atoms with Gasteiger partial charge in [-0.15, -0.1) is 0 Å². The number of carbonyl (C=O) groups excluding carboxylic acids is 1. The largest absolute Gasteiger partial charge is 0.495 e. The van der Waals surface area contributed by atoms with Crippen LogP contribution in [0.4, 0.5) is 11.4 Å². The molecule has 0 spiro atoms. The number of ether oxygens (including phenoxy) is 1. The van der Waals surface area contributed by atoms with E-state index in [-0.39, 0.29) is 17.3 Å². The van der Waals surface area contributed by atoms with E-state index in [0.717, 1.165) is 35.8 Å². The Hall–Kier alpha value is -3.52.